The van der Waals surface area contributed by atoms with Gasteiger partial charge < -0.3 is 9.84 Å². The van der Waals surface area contributed by atoms with E-state index in [0.29, 0.717) is 5.56 Å². The van der Waals surface area contributed by atoms with Gasteiger partial charge in [0, 0.05) is 0 Å². The van der Waals surface area contributed by atoms with Crippen molar-refractivity contribution in [2.24, 2.45) is 0 Å². The third-order valence-corrected chi connectivity index (χ3v) is 2.79. The molecule has 2 rings (SSSR count). The number of ether oxygens (including phenoxy) is 1. The van der Waals surface area contributed by atoms with E-state index in [2.05, 4.69) is 0 Å². The second-order valence-electron chi connectivity index (χ2n) is 4.02. The van der Waals surface area contributed by atoms with E-state index in [4.69, 9.17) is 21.4 Å². The molecule has 0 fully saturated rings. The highest BCUT2D eigenvalue weighted by molar-refractivity contribution is 6.32. The van der Waals surface area contributed by atoms with Gasteiger partial charge >= 0.3 is 5.97 Å². The maximum absolute atomic E-state index is 13.3. The second kappa shape index (κ2) is 5.88. The van der Waals surface area contributed by atoms with E-state index in [0.717, 1.165) is 18.2 Å². The van der Waals surface area contributed by atoms with Gasteiger partial charge in [0.25, 0.3) is 0 Å². The minimum Gasteiger partial charge on any atom is -0.487 e. The van der Waals surface area contributed by atoms with Crippen molar-refractivity contribution >= 4 is 17.6 Å². The van der Waals surface area contributed by atoms with E-state index in [1.54, 1.807) is 0 Å². The largest absolute Gasteiger partial charge is 0.487 e. The smallest absolute Gasteiger partial charge is 0.335 e. The zero-order valence-corrected chi connectivity index (χ0v) is 10.8. The summed E-state index contributed by atoms with van der Waals surface area (Å²) in [6, 6.07) is 6.97. The number of benzene rings is 2. The van der Waals surface area contributed by atoms with Gasteiger partial charge in [0.15, 0.2) is 0 Å². The lowest BCUT2D eigenvalue weighted by atomic mass is 10.1. The summed E-state index contributed by atoms with van der Waals surface area (Å²) < 4.78 is 31.4. The summed E-state index contributed by atoms with van der Waals surface area (Å²) in [7, 11) is 0. The molecule has 0 heterocycles. The van der Waals surface area contributed by atoms with Gasteiger partial charge in [-0.05, 0) is 42.0 Å². The zero-order chi connectivity index (χ0) is 14.7. The Kier molecular flexibility index (Phi) is 4.20. The van der Waals surface area contributed by atoms with Crippen LogP contribution in [0.5, 0.6) is 5.75 Å². The van der Waals surface area contributed by atoms with Crippen LogP contribution in [-0.4, -0.2) is 11.1 Å². The molecular formula is C14H9ClF2O3. The molecule has 0 atom stereocenters. The van der Waals surface area contributed by atoms with Crippen LogP contribution < -0.4 is 4.74 Å². The number of hydrogen-bond donors (Lipinski definition) is 1. The van der Waals surface area contributed by atoms with E-state index < -0.39 is 17.6 Å². The fourth-order valence-corrected chi connectivity index (χ4v) is 1.83. The molecular weight excluding hydrogens is 290 g/mol. The number of carboxylic acids is 1. The fourth-order valence-electron chi connectivity index (χ4n) is 1.61. The van der Waals surface area contributed by atoms with Crippen LogP contribution in [0.3, 0.4) is 0 Å². The van der Waals surface area contributed by atoms with E-state index in [1.807, 2.05) is 0 Å². The average molecular weight is 299 g/mol. The number of aromatic carboxylic acids is 1. The van der Waals surface area contributed by atoms with Crippen LogP contribution in [0, 0.1) is 11.6 Å². The topological polar surface area (TPSA) is 46.5 Å². The first kappa shape index (κ1) is 14.3. The fraction of sp³-hybridized carbons (Fsp3) is 0.0714. The molecule has 0 bridgehead atoms. The van der Waals surface area contributed by atoms with Gasteiger partial charge in [0.1, 0.15) is 24.0 Å². The molecule has 3 nitrogen and oxygen atoms in total. The summed E-state index contributed by atoms with van der Waals surface area (Å²) in [6.45, 7) is -0.0800. The average Bonchev–Trinajstić information content (AvgIpc) is 2.37. The quantitative estimate of drug-likeness (QED) is 0.931. The Bertz CT molecular complexity index is 659. The van der Waals surface area contributed by atoms with E-state index in [9.17, 15) is 13.6 Å². The summed E-state index contributed by atoms with van der Waals surface area (Å²) >= 11 is 5.78. The minimum absolute atomic E-state index is 0.0800. The molecule has 6 heteroatoms. The number of carboxylic acid groups (broad SMARTS) is 1. The van der Waals surface area contributed by atoms with Crippen LogP contribution >= 0.6 is 11.6 Å². The monoisotopic (exact) mass is 298 g/mol. The van der Waals surface area contributed by atoms with Gasteiger partial charge in [-0.15, -0.1) is 0 Å². The van der Waals surface area contributed by atoms with Crippen molar-refractivity contribution in [3.05, 3.63) is 64.2 Å². The molecule has 2 aromatic carbocycles. The molecule has 0 aliphatic heterocycles. The van der Waals surface area contributed by atoms with Crippen molar-refractivity contribution in [3.8, 4) is 5.75 Å². The van der Waals surface area contributed by atoms with Crippen LogP contribution in [0.2, 0.25) is 5.02 Å². The van der Waals surface area contributed by atoms with Crippen LogP contribution in [0.25, 0.3) is 0 Å². The Hall–Kier alpha value is -2.14. The van der Waals surface area contributed by atoms with Crippen molar-refractivity contribution < 1.29 is 23.4 Å². The van der Waals surface area contributed by atoms with Crippen LogP contribution in [0.4, 0.5) is 8.78 Å². The summed E-state index contributed by atoms with van der Waals surface area (Å²) in [5.41, 5.74) is 0.164. The van der Waals surface area contributed by atoms with E-state index >= 15 is 0 Å². The van der Waals surface area contributed by atoms with Crippen molar-refractivity contribution in [2.75, 3.05) is 0 Å². The normalized spacial score (nSPS) is 10.3. The molecule has 0 radical (unpaired) electrons. The van der Waals surface area contributed by atoms with Crippen LogP contribution in [-0.2, 0) is 6.61 Å². The lowest BCUT2D eigenvalue weighted by molar-refractivity contribution is 0.0696. The SMILES string of the molecule is O=C(O)c1cc(F)cc(COc2ccc(F)cc2Cl)c1. The molecule has 2 aromatic rings. The first-order valence-electron chi connectivity index (χ1n) is 5.56. The Labute approximate surface area is 118 Å². The highest BCUT2D eigenvalue weighted by atomic mass is 35.5. The standard InChI is InChI=1S/C14H9ClF2O3/c15-12-6-10(16)1-2-13(12)20-7-8-3-9(14(18)19)5-11(17)4-8/h1-6H,7H2,(H,18,19). The first-order valence-corrected chi connectivity index (χ1v) is 5.94. The summed E-state index contributed by atoms with van der Waals surface area (Å²) in [6.07, 6.45) is 0. The Balaban J connectivity index is 2.16. The van der Waals surface area contributed by atoms with Crippen LogP contribution in [0.1, 0.15) is 15.9 Å². The van der Waals surface area contributed by atoms with Crippen molar-refractivity contribution in [3.63, 3.8) is 0 Å². The maximum Gasteiger partial charge on any atom is 0.335 e. The van der Waals surface area contributed by atoms with Gasteiger partial charge in [0.05, 0.1) is 10.6 Å². The Morgan fingerprint density at radius 1 is 1.15 bits per heavy atom. The molecule has 20 heavy (non-hydrogen) atoms. The van der Waals surface area contributed by atoms with Crippen molar-refractivity contribution in [1.82, 2.24) is 0 Å². The minimum atomic E-state index is -1.23. The Morgan fingerprint density at radius 3 is 2.55 bits per heavy atom. The van der Waals surface area contributed by atoms with Crippen molar-refractivity contribution in [2.45, 2.75) is 6.61 Å². The molecule has 0 saturated carbocycles. The van der Waals surface area contributed by atoms with E-state index in [-0.39, 0.29) is 22.9 Å². The third kappa shape index (κ3) is 3.45. The third-order valence-electron chi connectivity index (χ3n) is 2.49. The summed E-state index contributed by atoms with van der Waals surface area (Å²) in [4.78, 5) is 10.8. The molecule has 0 unspecified atom stereocenters. The number of carbonyl (C=O) groups is 1. The molecule has 1 N–H and O–H groups in total. The van der Waals surface area contributed by atoms with Gasteiger partial charge in [0.2, 0.25) is 0 Å². The molecule has 0 saturated heterocycles. The first-order chi connectivity index (χ1) is 9.45. The number of hydrogen-bond acceptors (Lipinski definition) is 2. The number of halogens is 3. The Morgan fingerprint density at radius 2 is 1.90 bits per heavy atom. The maximum atomic E-state index is 13.3. The van der Waals surface area contributed by atoms with Gasteiger partial charge in [-0.1, -0.05) is 11.6 Å². The molecule has 0 aliphatic rings. The molecule has 104 valence electrons. The predicted octanol–water partition coefficient (Wildman–Crippen LogP) is 3.90. The predicted molar refractivity (Wildman–Crippen MR) is 69.1 cm³/mol. The molecule has 0 aromatic heterocycles. The second-order valence-corrected chi connectivity index (χ2v) is 4.42. The van der Waals surface area contributed by atoms with E-state index in [1.165, 1.54) is 18.2 Å². The highest BCUT2D eigenvalue weighted by Gasteiger charge is 2.09. The molecule has 0 spiro atoms. The van der Waals surface area contributed by atoms with Gasteiger partial charge in [-0.25, -0.2) is 13.6 Å². The molecule has 0 amide bonds. The lowest BCUT2D eigenvalue weighted by Gasteiger charge is -2.09. The van der Waals surface area contributed by atoms with Crippen LogP contribution in [0.15, 0.2) is 36.4 Å². The summed E-state index contributed by atoms with van der Waals surface area (Å²) in [5.74, 6) is -2.17. The number of rotatable bonds is 4. The highest BCUT2D eigenvalue weighted by Crippen LogP contribution is 2.25. The summed E-state index contributed by atoms with van der Waals surface area (Å²) in [5, 5.41) is 8.91. The van der Waals surface area contributed by atoms with Gasteiger partial charge in [-0.3, -0.25) is 0 Å². The van der Waals surface area contributed by atoms with Crippen molar-refractivity contribution in [1.29, 1.82) is 0 Å². The lowest BCUT2D eigenvalue weighted by Crippen LogP contribution is -2.02. The molecule has 0 aliphatic carbocycles. The zero-order valence-electron chi connectivity index (χ0n) is 10.1. The van der Waals surface area contributed by atoms with Gasteiger partial charge in [-0.2, -0.15) is 0 Å².